The Labute approximate surface area is 126 Å². The van der Waals surface area contributed by atoms with Crippen molar-refractivity contribution in [2.75, 3.05) is 27.2 Å². The number of aliphatic carboxylic acids is 1. The predicted molar refractivity (Wildman–Crippen MR) is 78.6 cm³/mol. The molecule has 0 saturated heterocycles. The van der Waals surface area contributed by atoms with Crippen molar-refractivity contribution in [2.24, 2.45) is 11.8 Å². The van der Waals surface area contributed by atoms with Crippen LogP contribution < -0.4 is 0 Å². The number of rotatable bonds is 6. The van der Waals surface area contributed by atoms with Crippen molar-refractivity contribution in [3.63, 3.8) is 0 Å². The molecule has 0 bridgehead atoms. The smallest absolute Gasteiger partial charge is 0.307 e. The van der Waals surface area contributed by atoms with E-state index < -0.39 is 17.8 Å². The van der Waals surface area contributed by atoms with E-state index in [1.54, 1.807) is 14.1 Å². The first-order valence-electron chi connectivity index (χ1n) is 7.60. The number of hydrogen-bond acceptors (Lipinski definition) is 3. The third kappa shape index (κ3) is 4.72. The van der Waals surface area contributed by atoms with Gasteiger partial charge in [-0.15, -0.1) is 0 Å². The normalized spacial score (nSPS) is 21.7. The summed E-state index contributed by atoms with van der Waals surface area (Å²) in [7, 11) is 3.30. The van der Waals surface area contributed by atoms with Crippen LogP contribution in [0.25, 0.3) is 0 Å². The Morgan fingerprint density at radius 1 is 1.10 bits per heavy atom. The summed E-state index contributed by atoms with van der Waals surface area (Å²) in [6, 6.07) is 0. The molecule has 21 heavy (non-hydrogen) atoms. The van der Waals surface area contributed by atoms with Crippen molar-refractivity contribution in [3.8, 4) is 0 Å². The molecule has 0 unspecified atom stereocenters. The van der Waals surface area contributed by atoms with Gasteiger partial charge in [0, 0.05) is 20.6 Å². The molecule has 0 radical (unpaired) electrons. The summed E-state index contributed by atoms with van der Waals surface area (Å²) in [5.74, 6) is -2.32. The number of amides is 2. The number of nitrogens with zero attached hydrogens (tertiary/aromatic N) is 2. The van der Waals surface area contributed by atoms with Crippen LogP contribution >= 0.6 is 0 Å². The lowest BCUT2D eigenvalue weighted by atomic mass is 9.78. The molecule has 0 spiro atoms. The highest BCUT2D eigenvalue weighted by atomic mass is 16.4. The SMILES string of the molecule is CCCN(CC(=O)N(C)C)C(=O)[C@@H]1CCCC[C@@H]1C(=O)O. The van der Waals surface area contributed by atoms with Crippen molar-refractivity contribution < 1.29 is 19.5 Å². The minimum absolute atomic E-state index is 0.0303. The fourth-order valence-electron chi connectivity index (χ4n) is 2.80. The molecule has 1 rings (SSSR count). The van der Waals surface area contributed by atoms with Crippen LogP contribution in [0.1, 0.15) is 39.0 Å². The first kappa shape index (κ1) is 17.5. The van der Waals surface area contributed by atoms with E-state index in [4.69, 9.17) is 0 Å². The third-order valence-electron chi connectivity index (χ3n) is 4.03. The molecule has 0 aromatic heterocycles. The van der Waals surface area contributed by atoms with Gasteiger partial charge in [0.05, 0.1) is 18.4 Å². The number of carboxylic acid groups (broad SMARTS) is 1. The van der Waals surface area contributed by atoms with Crippen molar-refractivity contribution in [1.82, 2.24) is 9.80 Å². The van der Waals surface area contributed by atoms with Crippen LogP contribution in [0.3, 0.4) is 0 Å². The van der Waals surface area contributed by atoms with Crippen LogP contribution in [-0.4, -0.2) is 59.9 Å². The number of carboxylic acids is 1. The molecule has 1 saturated carbocycles. The van der Waals surface area contributed by atoms with Gasteiger partial charge in [-0.05, 0) is 19.3 Å². The van der Waals surface area contributed by atoms with Gasteiger partial charge in [-0.1, -0.05) is 19.8 Å². The Bertz CT molecular complexity index is 395. The molecule has 6 heteroatoms. The molecular weight excluding hydrogens is 272 g/mol. The summed E-state index contributed by atoms with van der Waals surface area (Å²) < 4.78 is 0. The number of hydrogen-bond donors (Lipinski definition) is 1. The van der Waals surface area contributed by atoms with Gasteiger partial charge in [0.1, 0.15) is 0 Å². The lowest BCUT2D eigenvalue weighted by Gasteiger charge is -2.32. The number of carbonyl (C=O) groups is 3. The fraction of sp³-hybridized carbons (Fsp3) is 0.800. The second-order valence-electron chi connectivity index (χ2n) is 5.88. The Morgan fingerprint density at radius 3 is 2.14 bits per heavy atom. The van der Waals surface area contributed by atoms with Gasteiger partial charge in [0.2, 0.25) is 11.8 Å². The topological polar surface area (TPSA) is 77.9 Å². The van der Waals surface area contributed by atoms with Crippen molar-refractivity contribution >= 4 is 17.8 Å². The second kappa shape index (κ2) is 8.00. The average molecular weight is 298 g/mol. The van der Waals surface area contributed by atoms with E-state index in [-0.39, 0.29) is 18.4 Å². The van der Waals surface area contributed by atoms with Crippen LogP contribution in [0.4, 0.5) is 0 Å². The summed E-state index contributed by atoms with van der Waals surface area (Å²) in [4.78, 5) is 38.8. The highest BCUT2D eigenvalue weighted by molar-refractivity contribution is 5.88. The van der Waals surface area contributed by atoms with Crippen molar-refractivity contribution in [2.45, 2.75) is 39.0 Å². The Balaban J connectivity index is 2.82. The largest absolute Gasteiger partial charge is 0.481 e. The van der Waals surface area contributed by atoms with Gasteiger partial charge in [0.25, 0.3) is 0 Å². The van der Waals surface area contributed by atoms with E-state index in [0.29, 0.717) is 19.4 Å². The molecule has 0 aromatic carbocycles. The first-order chi connectivity index (χ1) is 9.88. The highest BCUT2D eigenvalue weighted by Gasteiger charge is 2.38. The molecule has 1 N–H and O–H groups in total. The van der Waals surface area contributed by atoms with E-state index in [0.717, 1.165) is 19.3 Å². The van der Waals surface area contributed by atoms with Gasteiger partial charge in [-0.25, -0.2) is 0 Å². The summed E-state index contributed by atoms with van der Waals surface area (Å²) in [6.45, 7) is 2.46. The molecule has 0 aliphatic heterocycles. The summed E-state index contributed by atoms with van der Waals surface area (Å²) in [6.07, 6.45) is 3.63. The molecule has 0 aromatic rings. The maximum Gasteiger partial charge on any atom is 0.307 e. The van der Waals surface area contributed by atoms with Crippen molar-refractivity contribution in [1.29, 1.82) is 0 Å². The van der Waals surface area contributed by atoms with Crippen LogP contribution in [0.15, 0.2) is 0 Å². The highest BCUT2D eigenvalue weighted by Crippen LogP contribution is 2.31. The zero-order chi connectivity index (χ0) is 16.0. The first-order valence-corrected chi connectivity index (χ1v) is 7.60. The maximum absolute atomic E-state index is 12.7. The maximum atomic E-state index is 12.7. The number of carbonyl (C=O) groups excluding carboxylic acids is 2. The minimum atomic E-state index is -0.900. The van der Waals surface area contributed by atoms with Gasteiger partial charge in [0.15, 0.2) is 0 Å². The monoisotopic (exact) mass is 298 g/mol. The number of likely N-dealkylation sites (N-methyl/N-ethyl adjacent to an activating group) is 1. The average Bonchev–Trinajstić information content (AvgIpc) is 2.45. The summed E-state index contributed by atoms with van der Waals surface area (Å²) >= 11 is 0. The Hall–Kier alpha value is -1.59. The van der Waals surface area contributed by atoms with E-state index in [9.17, 15) is 19.5 Å². The predicted octanol–water partition coefficient (Wildman–Crippen LogP) is 1.20. The molecule has 2 atom stereocenters. The Kier molecular flexibility index (Phi) is 6.65. The van der Waals surface area contributed by atoms with Crippen LogP contribution in [0.2, 0.25) is 0 Å². The van der Waals surface area contributed by atoms with E-state index in [1.807, 2.05) is 6.92 Å². The lowest BCUT2D eigenvalue weighted by molar-refractivity contribution is -0.153. The van der Waals surface area contributed by atoms with Crippen molar-refractivity contribution in [3.05, 3.63) is 0 Å². The molecule has 2 amide bonds. The lowest BCUT2D eigenvalue weighted by Crippen LogP contribution is -2.46. The zero-order valence-corrected chi connectivity index (χ0v) is 13.2. The summed E-state index contributed by atoms with van der Waals surface area (Å²) in [5, 5.41) is 9.29. The molecule has 6 nitrogen and oxygen atoms in total. The quantitative estimate of drug-likeness (QED) is 0.799. The van der Waals surface area contributed by atoms with Crippen LogP contribution in [0, 0.1) is 11.8 Å². The Morgan fingerprint density at radius 2 is 1.67 bits per heavy atom. The molecule has 1 fully saturated rings. The van der Waals surface area contributed by atoms with Gasteiger partial charge >= 0.3 is 5.97 Å². The van der Waals surface area contributed by atoms with E-state index in [2.05, 4.69) is 0 Å². The van der Waals surface area contributed by atoms with Crippen LogP contribution in [0.5, 0.6) is 0 Å². The molecule has 1 aliphatic carbocycles. The molecule has 0 heterocycles. The van der Waals surface area contributed by atoms with E-state index >= 15 is 0 Å². The molecule has 1 aliphatic rings. The molecular formula is C15H26N2O4. The standard InChI is InChI=1S/C15H26N2O4/c1-4-9-17(10-13(18)16(2)3)14(19)11-7-5-6-8-12(11)15(20)21/h11-12H,4-10H2,1-3H3,(H,20,21)/t11-,12+/m1/s1. The fourth-order valence-corrected chi connectivity index (χ4v) is 2.80. The van der Waals surface area contributed by atoms with Gasteiger partial charge in [-0.3, -0.25) is 14.4 Å². The molecule has 120 valence electrons. The third-order valence-corrected chi connectivity index (χ3v) is 4.03. The van der Waals surface area contributed by atoms with E-state index in [1.165, 1.54) is 9.80 Å². The zero-order valence-electron chi connectivity index (χ0n) is 13.2. The van der Waals surface area contributed by atoms with Crippen LogP contribution in [-0.2, 0) is 14.4 Å². The second-order valence-corrected chi connectivity index (χ2v) is 5.88. The summed E-state index contributed by atoms with van der Waals surface area (Å²) in [5.41, 5.74) is 0. The van der Waals surface area contributed by atoms with Gasteiger partial charge in [-0.2, -0.15) is 0 Å². The van der Waals surface area contributed by atoms with Gasteiger partial charge < -0.3 is 14.9 Å². The minimum Gasteiger partial charge on any atom is -0.481 e.